The van der Waals surface area contributed by atoms with Crippen LogP contribution in [-0.2, 0) is 11.8 Å². The summed E-state index contributed by atoms with van der Waals surface area (Å²) in [5.41, 5.74) is 7.48. The van der Waals surface area contributed by atoms with E-state index >= 15 is 0 Å². The number of nitrogen functional groups attached to an aromatic ring is 1. The Morgan fingerprint density at radius 1 is 1.43 bits per heavy atom. The van der Waals surface area contributed by atoms with Gasteiger partial charge in [-0.25, -0.2) is 0 Å². The second-order valence-corrected chi connectivity index (χ2v) is 5.02. The molecule has 1 aliphatic rings. The highest BCUT2D eigenvalue weighted by Crippen LogP contribution is 2.38. The summed E-state index contributed by atoms with van der Waals surface area (Å²) in [6.45, 7) is 1.35. The van der Waals surface area contributed by atoms with Crippen LogP contribution in [-0.4, -0.2) is 36.2 Å². The molecule has 1 unspecified atom stereocenters. The van der Waals surface area contributed by atoms with Crippen molar-refractivity contribution in [2.75, 3.05) is 26.1 Å². The quantitative estimate of drug-likeness (QED) is 0.930. The van der Waals surface area contributed by atoms with E-state index in [-0.39, 0.29) is 6.10 Å². The molecule has 6 heteroatoms. The largest absolute Gasteiger partial charge is 0.492 e. The fourth-order valence-corrected chi connectivity index (χ4v) is 2.42. The summed E-state index contributed by atoms with van der Waals surface area (Å²) < 4.78 is 18.5. The van der Waals surface area contributed by atoms with Crippen molar-refractivity contribution in [2.45, 2.75) is 12.5 Å². The van der Waals surface area contributed by atoms with Crippen LogP contribution < -0.4 is 15.2 Å². The fraction of sp³-hybridized carbons (Fsp3) is 0.400. The van der Waals surface area contributed by atoms with Crippen molar-refractivity contribution in [3.05, 3.63) is 24.3 Å². The van der Waals surface area contributed by atoms with Crippen LogP contribution in [0.1, 0.15) is 6.42 Å². The maximum Gasteiger partial charge on any atom is 0.170 e. The van der Waals surface area contributed by atoms with Gasteiger partial charge in [-0.3, -0.25) is 4.68 Å². The van der Waals surface area contributed by atoms with E-state index in [0.29, 0.717) is 23.9 Å². The molecule has 1 fully saturated rings. The van der Waals surface area contributed by atoms with Crippen LogP contribution in [0.5, 0.6) is 11.5 Å². The lowest BCUT2D eigenvalue weighted by molar-refractivity contribution is 0.139. The SMILES string of the molecule is COc1c(OC2CCOC2)cccc1-c1cc(N)n(C)n1. The number of ether oxygens (including phenoxy) is 3. The predicted molar refractivity (Wildman–Crippen MR) is 79.5 cm³/mol. The predicted octanol–water partition coefficient (Wildman–Crippen LogP) is 1.85. The highest BCUT2D eigenvalue weighted by atomic mass is 16.6. The molecule has 0 radical (unpaired) electrons. The summed E-state index contributed by atoms with van der Waals surface area (Å²) in [4.78, 5) is 0. The van der Waals surface area contributed by atoms with Gasteiger partial charge in [0.15, 0.2) is 11.5 Å². The minimum absolute atomic E-state index is 0.0722. The molecule has 0 bridgehead atoms. The summed E-state index contributed by atoms with van der Waals surface area (Å²) in [7, 11) is 3.44. The standard InChI is InChI=1S/C15H19N3O3/c1-18-14(16)8-12(17-18)11-4-3-5-13(15(11)19-2)21-10-6-7-20-9-10/h3-5,8,10H,6-7,9,16H2,1-2H3. The molecule has 6 nitrogen and oxygen atoms in total. The molecule has 2 N–H and O–H groups in total. The van der Waals surface area contributed by atoms with Crippen molar-refractivity contribution < 1.29 is 14.2 Å². The molecule has 0 saturated carbocycles. The lowest BCUT2D eigenvalue weighted by atomic mass is 10.1. The lowest BCUT2D eigenvalue weighted by Crippen LogP contribution is -2.16. The zero-order valence-corrected chi connectivity index (χ0v) is 12.2. The topological polar surface area (TPSA) is 71.5 Å². The van der Waals surface area contributed by atoms with Crippen molar-refractivity contribution in [3.8, 4) is 22.8 Å². The zero-order valence-electron chi connectivity index (χ0n) is 12.2. The first-order valence-corrected chi connectivity index (χ1v) is 6.90. The van der Waals surface area contributed by atoms with Crippen LogP contribution in [0.4, 0.5) is 5.82 Å². The average Bonchev–Trinajstić information content (AvgIpc) is 3.09. The van der Waals surface area contributed by atoms with Gasteiger partial charge < -0.3 is 19.9 Å². The second-order valence-electron chi connectivity index (χ2n) is 5.02. The number of aryl methyl sites for hydroxylation is 1. The van der Waals surface area contributed by atoms with E-state index in [4.69, 9.17) is 19.9 Å². The van der Waals surface area contributed by atoms with E-state index in [1.54, 1.807) is 11.8 Å². The first kappa shape index (κ1) is 13.8. The summed E-state index contributed by atoms with van der Waals surface area (Å²) in [6, 6.07) is 7.58. The molecule has 112 valence electrons. The molecule has 0 amide bonds. The van der Waals surface area contributed by atoms with Crippen LogP contribution in [0.3, 0.4) is 0 Å². The Balaban J connectivity index is 1.96. The van der Waals surface area contributed by atoms with Crippen LogP contribution >= 0.6 is 0 Å². The highest BCUT2D eigenvalue weighted by molar-refractivity contribution is 5.72. The maximum atomic E-state index is 5.98. The molecule has 1 aliphatic heterocycles. The van der Waals surface area contributed by atoms with E-state index < -0.39 is 0 Å². The van der Waals surface area contributed by atoms with Gasteiger partial charge in [0.2, 0.25) is 0 Å². The van der Waals surface area contributed by atoms with Gasteiger partial charge in [-0.05, 0) is 12.1 Å². The number of nitrogens with two attached hydrogens (primary N) is 1. The van der Waals surface area contributed by atoms with E-state index in [1.165, 1.54) is 0 Å². The van der Waals surface area contributed by atoms with Gasteiger partial charge in [0.25, 0.3) is 0 Å². The van der Waals surface area contributed by atoms with Crippen molar-refractivity contribution in [3.63, 3.8) is 0 Å². The molecule has 1 saturated heterocycles. The minimum atomic E-state index is 0.0722. The number of aromatic nitrogens is 2. The minimum Gasteiger partial charge on any atom is -0.492 e. The number of anilines is 1. The van der Waals surface area contributed by atoms with Crippen molar-refractivity contribution >= 4 is 5.82 Å². The fourth-order valence-electron chi connectivity index (χ4n) is 2.42. The van der Waals surface area contributed by atoms with Crippen molar-refractivity contribution in [2.24, 2.45) is 7.05 Å². The Hall–Kier alpha value is -2.21. The smallest absolute Gasteiger partial charge is 0.170 e. The molecule has 1 aromatic heterocycles. The number of methoxy groups -OCH3 is 1. The number of nitrogens with zero attached hydrogens (tertiary/aromatic N) is 2. The monoisotopic (exact) mass is 289 g/mol. The molecular formula is C15H19N3O3. The average molecular weight is 289 g/mol. The third-order valence-electron chi connectivity index (χ3n) is 3.56. The van der Waals surface area contributed by atoms with Crippen LogP contribution in [0, 0.1) is 0 Å². The van der Waals surface area contributed by atoms with E-state index in [1.807, 2.05) is 31.3 Å². The molecule has 2 aromatic rings. The van der Waals surface area contributed by atoms with Crippen LogP contribution in [0.25, 0.3) is 11.3 Å². The van der Waals surface area contributed by atoms with Crippen LogP contribution in [0.15, 0.2) is 24.3 Å². The third kappa shape index (κ3) is 2.67. The van der Waals surface area contributed by atoms with Gasteiger partial charge in [-0.1, -0.05) is 6.07 Å². The number of para-hydroxylation sites is 1. The van der Waals surface area contributed by atoms with Crippen LogP contribution in [0.2, 0.25) is 0 Å². The van der Waals surface area contributed by atoms with E-state index in [2.05, 4.69) is 5.10 Å². The highest BCUT2D eigenvalue weighted by Gasteiger charge is 2.21. The number of hydrogen-bond acceptors (Lipinski definition) is 5. The Labute approximate surface area is 123 Å². The van der Waals surface area contributed by atoms with Gasteiger partial charge in [0, 0.05) is 25.1 Å². The number of hydrogen-bond donors (Lipinski definition) is 1. The Bertz CT molecular complexity index is 614. The Kier molecular flexibility index (Phi) is 3.70. The third-order valence-corrected chi connectivity index (χ3v) is 3.56. The Morgan fingerprint density at radius 3 is 2.90 bits per heavy atom. The van der Waals surface area contributed by atoms with Gasteiger partial charge in [0.05, 0.1) is 26.0 Å². The van der Waals surface area contributed by atoms with Crippen molar-refractivity contribution in [1.82, 2.24) is 9.78 Å². The zero-order chi connectivity index (χ0) is 14.8. The molecule has 2 heterocycles. The first-order chi connectivity index (χ1) is 10.2. The number of benzene rings is 1. The van der Waals surface area contributed by atoms with Gasteiger partial charge in [0.1, 0.15) is 11.9 Å². The Morgan fingerprint density at radius 2 is 2.29 bits per heavy atom. The van der Waals surface area contributed by atoms with Crippen molar-refractivity contribution in [1.29, 1.82) is 0 Å². The first-order valence-electron chi connectivity index (χ1n) is 6.90. The normalized spacial score (nSPS) is 17.9. The molecule has 21 heavy (non-hydrogen) atoms. The maximum absolute atomic E-state index is 5.98. The summed E-state index contributed by atoms with van der Waals surface area (Å²) in [5.74, 6) is 1.97. The lowest BCUT2D eigenvalue weighted by Gasteiger charge is -2.16. The van der Waals surface area contributed by atoms with E-state index in [9.17, 15) is 0 Å². The molecule has 1 atom stereocenters. The number of rotatable bonds is 4. The molecule has 1 aromatic carbocycles. The van der Waals surface area contributed by atoms with E-state index in [0.717, 1.165) is 24.3 Å². The summed E-state index contributed by atoms with van der Waals surface area (Å²) in [5, 5.41) is 4.39. The molecule has 0 spiro atoms. The second kappa shape index (κ2) is 5.65. The summed E-state index contributed by atoms with van der Waals surface area (Å²) >= 11 is 0. The molecule has 3 rings (SSSR count). The molecule has 0 aliphatic carbocycles. The van der Waals surface area contributed by atoms with Gasteiger partial charge in [-0.15, -0.1) is 0 Å². The van der Waals surface area contributed by atoms with Gasteiger partial charge in [-0.2, -0.15) is 5.10 Å². The van der Waals surface area contributed by atoms with Gasteiger partial charge >= 0.3 is 0 Å². The molecular weight excluding hydrogens is 270 g/mol. The summed E-state index contributed by atoms with van der Waals surface area (Å²) in [6.07, 6.45) is 0.965.